The molecule has 0 aliphatic heterocycles. The van der Waals surface area contributed by atoms with Crippen LogP contribution in [0.4, 0.5) is 4.79 Å². The third kappa shape index (κ3) is 2.75. The molecule has 2 nitrogen and oxygen atoms in total. The van der Waals surface area contributed by atoms with Gasteiger partial charge in [0.05, 0.1) is 11.0 Å². The Morgan fingerprint density at radius 1 is 1.42 bits per heavy atom. The van der Waals surface area contributed by atoms with Crippen LogP contribution in [0.2, 0.25) is 0 Å². The summed E-state index contributed by atoms with van der Waals surface area (Å²) in [4.78, 5) is 10.7. The fourth-order valence-corrected chi connectivity index (χ4v) is 0.940. The molecule has 0 unspecified atom stereocenters. The van der Waals surface area contributed by atoms with Crippen LogP contribution in [0.3, 0.4) is 0 Å². The van der Waals surface area contributed by atoms with E-state index in [1.54, 1.807) is 12.1 Å². The zero-order valence-electron chi connectivity index (χ0n) is 6.41. The van der Waals surface area contributed by atoms with Crippen LogP contribution in [0.5, 0.6) is 5.75 Å². The fraction of sp³-hybridized carbons (Fsp3) is 0.125. The Morgan fingerprint density at radius 3 is 2.50 bits per heavy atom. The van der Waals surface area contributed by atoms with E-state index in [1.807, 2.05) is 19.1 Å². The summed E-state index contributed by atoms with van der Waals surface area (Å²) in [6.45, 7) is 1.96. The molecule has 0 aliphatic rings. The molecule has 1 rings (SSSR count). The summed E-state index contributed by atoms with van der Waals surface area (Å²) in [5.41, 5.74) is 1.12. The van der Waals surface area contributed by atoms with Crippen LogP contribution in [0.15, 0.2) is 24.3 Å². The van der Waals surface area contributed by atoms with Crippen molar-refractivity contribution in [3.8, 4) is 5.75 Å². The summed E-state index contributed by atoms with van der Waals surface area (Å²) in [5.74, 6) is 0.513. The van der Waals surface area contributed by atoms with E-state index in [4.69, 9.17) is 15.4 Å². The van der Waals surface area contributed by atoms with Gasteiger partial charge in [0.25, 0.3) is 0 Å². The number of ether oxygens (including phenoxy) is 1. The Morgan fingerprint density at radius 2 is 2.00 bits per heavy atom. The number of hydrogen-bond acceptors (Lipinski definition) is 3. The number of carbonyl (C=O) groups excluding carboxylic acids is 1. The predicted octanol–water partition coefficient (Wildman–Crippen LogP) is 3.38. The number of benzene rings is 1. The highest BCUT2D eigenvalue weighted by atomic mass is 35.7. The molecule has 0 bridgehead atoms. The standard InChI is InChI=1S/C8H7ClO2S/c1-6-2-4-7(5-3-6)11-8(10)12-9/h2-5H,1H3. The van der Waals surface area contributed by atoms with Crippen molar-refractivity contribution >= 4 is 27.0 Å². The lowest BCUT2D eigenvalue weighted by Gasteiger charge is -2.00. The minimum absolute atomic E-state index is 0.513. The molecule has 0 spiro atoms. The topological polar surface area (TPSA) is 26.3 Å². The van der Waals surface area contributed by atoms with E-state index in [0.29, 0.717) is 16.7 Å². The quantitative estimate of drug-likeness (QED) is 0.653. The minimum Gasteiger partial charge on any atom is -0.418 e. The third-order valence-corrected chi connectivity index (χ3v) is 1.87. The second kappa shape index (κ2) is 4.38. The Kier molecular flexibility index (Phi) is 3.44. The molecule has 0 radical (unpaired) electrons. The molecule has 0 saturated carbocycles. The van der Waals surface area contributed by atoms with E-state index < -0.39 is 5.30 Å². The second-order valence-corrected chi connectivity index (χ2v) is 3.19. The SMILES string of the molecule is Cc1ccc(OC(=O)SCl)cc1. The Hall–Kier alpha value is -0.670. The molecule has 0 fully saturated rings. The van der Waals surface area contributed by atoms with Crippen LogP contribution in [0.25, 0.3) is 0 Å². The van der Waals surface area contributed by atoms with Gasteiger partial charge in [-0.05, 0) is 29.7 Å². The molecule has 0 atom stereocenters. The van der Waals surface area contributed by atoms with Gasteiger partial charge in [-0.25, -0.2) is 4.79 Å². The predicted molar refractivity (Wildman–Crippen MR) is 50.6 cm³/mol. The first-order valence-corrected chi connectivity index (χ1v) is 4.93. The molecule has 0 heterocycles. The highest BCUT2D eigenvalue weighted by Gasteiger charge is 2.02. The molecule has 12 heavy (non-hydrogen) atoms. The zero-order chi connectivity index (χ0) is 8.97. The van der Waals surface area contributed by atoms with Crippen molar-refractivity contribution in [3.05, 3.63) is 29.8 Å². The molecule has 1 aromatic rings. The van der Waals surface area contributed by atoms with E-state index in [0.717, 1.165) is 5.56 Å². The van der Waals surface area contributed by atoms with E-state index in [1.165, 1.54) is 0 Å². The van der Waals surface area contributed by atoms with Crippen molar-refractivity contribution in [2.75, 3.05) is 0 Å². The molecule has 0 N–H and O–H groups in total. The molecule has 64 valence electrons. The number of rotatable bonds is 1. The van der Waals surface area contributed by atoms with Crippen molar-refractivity contribution in [3.63, 3.8) is 0 Å². The van der Waals surface area contributed by atoms with Crippen molar-refractivity contribution < 1.29 is 9.53 Å². The summed E-state index contributed by atoms with van der Waals surface area (Å²) in [6.07, 6.45) is 0. The van der Waals surface area contributed by atoms with Crippen LogP contribution in [-0.4, -0.2) is 5.30 Å². The first kappa shape index (κ1) is 9.42. The molecule has 0 amide bonds. The van der Waals surface area contributed by atoms with Crippen LogP contribution in [0, 0.1) is 6.92 Å². The van der Waals surface area contributed by atoms with Crippen LogP contribution in [-0.2, 0) is 0 Å². The number of halogens is 1. The van der Waals surface area contributed by atoms with Crippen molar-refractivity contribution in [2.24, 2.45) is 0 Å². The van der Waals surface area contributed by atoms with Gasteiger partial charge in [-0.15, -0.1) is 0 Å². The van der Waals surface area contributed by atoms with Gasteiger partial charge in [-0.1, -0.05) is 17.7 Å². The average Bonchev–Trinajstić information content (AvgIpc) is 2.09. The summed E-state index contributed by atoms with van der Waals surface area (Å²) in [6, 6.07) is 7.17. The fourth-order valence-electron chi connectivity index (χ4n) is 0.718. The Labute approximate surface area is 79.4 Å². The normalized spacial score (nSPS) is 9.50. The maximum absolute atomic E-state index is 10.7. The van der Waals surface area contributed by atoms with E-state index in [2.05, 4.69) is 0 Å². The number of carbonyl (C=O) groups is 1. The molecule has 0 aromatic heterocycles. The summed E-state index contributed by atoms with van der Waals surface area (Å²) < 4.78 is 4.81. The lowest BCUT2D eigenvalue weighted by atomic mass is 10.2. The van der Waals surface area contributed by atoms with Gasteiger partial charge in [0, 0.05) is 0 Å². The van der Waals surface area contributed by atoms with Crippen LogP contribution in [0.1, 0.15) is 5.56 Å². The monoisotopic (exact) mass is 202 g/mol. The van der Waals surface area contributed by atoms with Gasteiger partial charge in [0.2, 0.25) is 0 Å². The van der Waals surface area contributed by atoms with Crippen molar-refractivity contribution in [1.82, 2.24) is 0 Å². The van der Waals surface area contributed by atoms with Gasteiger partial charge < -0.3 is 4.74 Å². The lowest BCUT2D eigenvalue weighted by molar-refractivity contribution is 0.227. The van der Waals surface area contributed by atoms with Gasteiger partial charge in [0.1, 0.15) is 5.75 Å². The minimum atomic E-state index is -0.513. The van der Waals surface area contributed by atoms with Crippen molar-refractivity contribution in [1.29, 1.82) is 0 Å². The smallest absolute Gasteiger partial charge is 0.388 e. The first-order valence-electron chi connectivity index (χ1n) is 3.29. The van der Waals surface area contributed by atoms with Gasteiger partial charge in [0.15, 0.2) is 0 Å². The molecule has 4 heteroatoms. The van der Waals surface area contributed by atoms with Crippen molar-refractivity contribution in [2.45, 2.75) is 6.92 Å². The molecule has 1 aromatic carbocycles. The molecular formula is C8H7ClO2S. The molecule has 0 aliphatic carbocycles. The van der Waals surface area contributed by atoms with E-state index >= 15 is 0 Å². The Balaban J connectivity index is 2.64. The van der Waals surface area contributed by atoms with Gasteiger partial charge in [-0.3, -0.25) is 0 Å². The Bertz CT molecular complexity index is 271. The van der Waals surface area contributed by atoms with Crippen LogP contribution < -0.4 is 4.74 Å². The third-order valence-electron chi connectivity index (χ3n) is 1.29. The number of aryl methyl sites for hydroxylation is 1. The van der Waals surface area contributed by atoms with E-state index in [-0.39, 0.29) is 0 Å². The lowest BCUT2D eigenvalue weighted by Crippen LogP contribution is -1.97. The molecule has 0 saturated heterocycles. The number of hydrogen-bond donors (Lipinski definition) is 0. The summed E-state index contributed by atoms with van der Waals surface area (Å²) in [7, 11) is 5.71. The summed E-state index contributed by atoms with van der Waals surface area (Å²) in [5, 5.41) is -0.513. The van der Waals surface area contributed by atoms with Crippen LogP contribution >= 0.6 is 21.7 Å². The second-order valence-electron chi connectivity index (χ2n) is 2.24. The highest BCUT2D eigenvalue weighted by Crippen LogP contribution is 2.16. The maximum atomic E-state index is 10.7. The molecular weight excluding hydrogens is 196 g/mol. The maximum Gasteiger partial charge on any atom is 0.388 e. The largest absolute Gasteiger partial charge is 0.418 e. The average molecular weight is 203 g/mol. The highest BCUT2D eigenvalue weighted by molar-refractivity contribution is 8.32. The van der Waals surface area contributed by atoms with E-state index in [9.17, 15) is 4.79 Å². The van der Waals surface area contributed by atoms with Gasteiger partial charge >= 0.3 is 5.30 Å². The summed E-state index contributed by atoms with van der Waals surface area (Å²) >= 11 is 0. The zero-order valence-corrected chi connectivity index (χ0v) is 7.98. The first-order chi connectivity index (χ1) is 5.72. The van der Waals surface area contributed by atoms with Gasteiger partial charge in [-0.2, -0.15) is 0 Å².